The lowest BCUT2D eigenvalue weighted by molar-refractivity contribution is -0.171. The van der Waals surface area contributed by atoms with E-state index in [4.69, 9.17) is 9.15 Å². The van der Waals surface area contributed by atoms with Crippen LogP contribution < -0.4 is 10.6 Å². The van der Waals surface area contributed by atoms with E-state index in [1.165, 1.54) is 19.3 Å². The molecule has 1 aromatic rings. The Hall–Kier alpha value is -0.830. The maximum atomic E-state index is 5.99. The van der Waals surface area contributed by atoms with Crippen molar-refractivity contribution in [1.29, 1.82) is 0 Å². The van der Waals surface area contributed by atoms with Crippen LogP contribution in [-0.2, 0) is 16.7 Å². The predicted molar refractivity (Wildman–Crippen MR) is 112 cm³/mol. The molecule has 0 bridgehead atoms. The molecule has 1 spiro atoms. The maximum Gasteiger partial charge on any atom is 0.213 e. The van der Waals surface area contributed by atoms with E-state index in [0.29, 0.717) is 35.9 Å². The van der Waals surface area contributed by atoms with Crippen LogP contribution in [-0.4, -0.2) is 36.7 Å². The van der Waals surface area contributed by atoms with Crippen LogP contribution in [0, 0.1) is 11.3 Å². The predicted octanol–water partition coefficient (Wildman–Crippen LogP) is 3.21. The minimum absolute atomic E-state index is 0. The van der Waals surface area contributed by atoms with E-state index in [9.17, 15) is 0 Å². The molecule has 1 aliphatic heterocycles. The molecule has 0 aromatic carbocycles. The van der Waals surface area contributed by atoms with Gasteiger partial charge in [-0.1, -0.05) is 27.2 Å². The zero-order valence-electron chi connectivity index (χ0n) is 16.2. The third-order valence-electron chi connectivity index (χ3n) is 6.25. The fourth-order valence-electron chi connectivity index (χ4n) is 4.70. The van der Waals surface area contributed by atoms with Gasteiger partial charge in [-0.05, 0) is 19.3 Å². The summed E-state index contributed by atoms with van der Waals surface area (Å²) in [6.45, 7) is 7.83. The van der Waals surface area contributed by atoms with Crippen molar-refractivity contribution in [2.75, 3.05) is 13.7 Å². The highest BCUT2D eigenvalue weighted by atomic mass is 127. The highest BCUT2D eigenvalue weighted by Crippen LogP contribution is 2.62. The van der Waals surface area contributed by atoms with Gasteiger partial charge in [-0.25, -0.2) is 4.98 Å². The molecule has 26 heavy (non-hydrogen) atoms. The molecule has 6 nitrogen and oxygen atoms in total. The topological polar surface area (TPSA) is 71.7 Å². The normalized spacial score (nSPS) is 29.4. The first-order chi connectivity index (χ1) is 11.9. The van der Waals surface area contributed by atoms with Crippen molar-refractivity contribution in [2.24, 2.45) is 16.3 Å². The Morgan fingerprint density at radius 1 is 1.38 bits per heavy atom. The van der Waals surface area contributed by atoms with Crippen LogP contribution in [0.2, 0.25) is 0 Å². The van der Waals surface area contributed by atoms with Crippen molar-refractivity contribution in [2.45, 2.75) is 70.6 Å². The summed E-state index contributed by atoms with van der Waals surface area (Å²) in [4.78, 5) is 8.78. The van der Waals surface area contributed by atoms with E-state index in [2.05, 4.69) is 41.4 Å². The molecule has 0 radical (unpaired) electrons. The first-order valence-corrected chi connectivity index (χ1v) is 9.48. The van der Waals surface area contributed by atoms with Gasteiger partial charge in [0.15, 0.2) is 5.96 Å². The second-order valence-electron chi connectivity index (χ2n) is 8.75. The van der Waals surface area contributed by atoms with Crippen LogP contribution >= 0.6 is 24.0 Å². The third kappa shape index (κ3) is 3.25. The minimum atomic E-state index is -0.0226. The number of nitrogens with zero attached hydrogens (tertiary/aromatic N) is 2. The number of halogens is 1. The van der Waals surface area contributed by atoms with Crippen LogP contribution in [0.1, 0.15) is 58.1 Å². The van der Waals surface area contributed by atoms with Crippen molar-refractivity contribution in [1.82, 2.24) is 15.6 Å². The Morgan fingerprint density at radius 2 is 2.15 bits per heavy atom. The van der Waals surface area contributed by atoms with Crippen molar-refractivity contribution in [3.63, 3.8) is 0 Å². The zero-order valence-corrected chi connectivity index (χ0v) is 18.5. The lowest BCUT2D eigenvalue weighted by Crippen LogP contribution is -2.72. The molecule has 1 saturated heterocycles. The van der Waals surface area contributed by atoms with E-state index in [1.807, 2.05) is 13.2 Å². The number of fused-ring (bicyclic) bond motifs is 2. The van der Waals surface area contributed by atoms with E-state index < -0.39 is 0 Å². The van der Waals surface area contributed by atoms with E-state index in [0.717, 1.165) is 24.7 Å². The summed E-state index contributed by atoms with van der Waals surface area (Å²) in [6.07, 6.45) is 7.33. The molecule has 3 aliphatic rings. The largest absolute Gasteiger partial charge is 0.443 e. The number of aromatic nitrogens is 1. The average Bonchev–Trinajstić information content (AvgIpc) is 3.13. The van der Waals surface area contributed by atoms with Crippen LogP contribution in [0.5, 0.6) is 0 Å². The summed E-state index contributed by atoms with van der Waals surface area (Å²) in [5.74, 6) is 3.07. The Morgan fingerprint density at radius 3 is 2.73 bits per heavy atom. The summed E-state index contributed by atoms with van der Waals surface area (Å²) in [6, 6.07) is 0.481. The number of oxazole rings is 1. The lowest BCUT2D eigenvalue weighted by Gasteiger charge is -2.63. The number of hydrogen-bond acceptors (Lipinski definition) is 4. The third-order valence-corrected chi connectivity index (χ3v) is 6.25. The van der Waals surface area contributed by atoms with Gasteiger partial charge in [-0.15, -0.1) is 24.0 Å². The van der Waals surface area contributed by atoms with Crippen molar-refractivity contribution < 1.29 is 9.15 Å². The number of guanidine groups is 1. The van der Waals surface area contributed by atoms with Gasteiger partial charge < -0.3 is 19.8 Å². The van der Waals surface area contributed by atoms with Crippen molar-refractivity contribution in [3.8, 4) is 0 Å². The van der Waals surface area contributed by atoms with Crippen LogP contribution in [0.25, 0.3) is 0 Å². The zero-order chi connectivity index (χ0) is 17.7. The van der Waals surface area contributed by atoms with E-state index in [1.54, 1.807) is 0 Å². The SMILES string of the molecule is CN=C(NCc1ncc(C(C)(C)C)o1)NC1C2CCOC2C12CCC2.I. The molecular formula is C19H31IN4O2. The molecule has 3 atom stereocenters. The summed E-state index contributed by atoms with van der Waals surface area (Å²) in [5.41, 5.74) is 0.326. The Bertz CT molecular complexity index is 663. The molecule has 3 unspecified atom stereocenters. The summed E-state index contributed by atoms with van der Waals surface area (Å²) < 4.78 is 11.8. The second kappa shape index (κ2) is 7.30. The van der Waals surface area contributed by atoms with Gasteiger partial charge in [0, 0.05) is 36.4 Å². The van der Waals surface area contributed by atoms with Gasteiger partial charge in [-0.2, -0.15) is 0 Å². The molecule has 2 N–H and O–H groups in total. The molecular weight excluding hydrogens is 443 g/mol. The molecule has 1 aromatic heterocycles. The smallest absolute Gasteiger partial charge is 0.213 e. The minimum Gasteiger partial charge on any atom is -0.443 e. The molecule has 146 valence electrons. The average molecular weight is 474 g/mol. The molecule has 4 rings (SSSR count). The Balaban J connectivity index is 0.00000196. The van der Waals surface area contributed by atoms with Crippen LogP contribution in [0.3, 0.4) is 0 Å². The first kappa shape index (κ1) is 19.9. The summed E-state index contributed by atoms with van der Waals surface area (Å²) in [5, 5.41) is 7.02. The van der Waals surface area contributed by atoms with Gasteiger partial charge in [0.05, 0.1) is 18.8 Å². The monoisotopic (exact) mass is 474 g/mol. The van der Waals surface area contributed by atoms with Gasteiger partial charge >= 0.3 is 0 Å². The number of nitrogens with one attached hydrogen (secondary N) is 2. The maximum absolute atomic E-state index is 5.99. The molecule has 2 saturated carbocycles. The van der Waals surface area contributed by atoms with Crippen molar-refractivity contribution >= 4 is 29.9 Å². The van der Waals surface area contributed by atoms with Gasteiger partial charge in [0.25, 0.3) is 0 Å². The summed E-state index contributed by atoms with van der Waals surface area (Å²) >= 11 is 0. The Labute approximate surface area is 173 Å². The van der Waals surface area contributed by atoms with Crippen molar-refractivity contribution in [3.05, 3.63) is 17.8 Å². The second-order valence-corrected chi connectivity index (χ2v) is 8.75. The molecule has 2 aliphatic carbocycles. The van der Waals surface area contributed by atoms with E-state index >= 15 is 0 Å². The fourth-order valence-corrected chi connectivity index (χ4v) is 4.70. The molecule has 2 heterocycles. The van der Waals surface area contributed by atoms with E-state index in [-0.39, 0.29) is 29.4 Å². The molecule has 0 amide bonds. The first-order valence-electron chi connectivity index (χ1n) is 9.48. The Kier molecular flexibility index (Phi) is 5.59. The van der Waals surface area contributed by atoms with Gasteiger partial charge in [0.1, 0.15) is 5.76 Å². The number of rotatable bonds is 3. The molecule has 7 heteroatoms. The highest BCUT2D eigenvalue weighted by molar-refractivity contribution is 14.0. The summed E-state index contributed by atoms with van der Waals surface area (Å²) in [7, 11) is 1.82. The standard InChI is InChI=1S/C19H30N4O2.HI/c1-18(2,3)13-10-21-14(25-13)11-22-17(20-4)23-15-12-6-9-24-16(12)19(15)7-5-8-19;/h10,12,15-16H,5-9,11H2,1-4H3,(H2,20,22,23);1H. The number of hydrogen-bond donors (Lipinski definition) is 2. The van der Waals surface area contributed by atoms with Gasteiger partial charge in [-0.3, -0.25) is 4.99 Å². The van der Waals surface area contributed by atoms with Crippen LogP contribution in [0.15, 0.2) is 15.6 Å². The number of aliphatic imine (C=N–C) groups is 1. The molecule has 3 fully saturated rings. The lowest BCUT2D eigenvalue weighted by atomic mass is 9.46. The van der Waals surface area contributed by atoms with Gasteiger partial charge in [0.2, 0.25) is 5.89 Å². The quantitative estimate of drug-likeness (QED) is 0.400. The number of ether oxygens (including phenoxy) is 1. The fraction of sp³-hybridized carbons (Fsp3) is 0.789. The van der Waals surface area contributed by atoms with Crippen LogP contribution in [0.4, 0.5) is 0 Å². The highest BCUT2D eigenvalue weighted by Gasteiger charge is 2.66.